The third-order valence-corrected chi connectivity index (χ3v) is 5.62. The molecule has 19 heavy (non-hydrogen) atoms. The highest BCUT2D eigenvalue weighted by atomic mass is 32.2. The first-order valence-electron chi connectivity index (χ1n) is 5.91. The molecule has 0 aliphatic carbocycles. The van der Waals surface area contributed by atoms with E-state index in [9.17, 15) is 16.8 Å². The Morgan fingerprint density at radius 1 is 1.42 bits per heavy atom. The quantitative estimate of drug-likeness (QED) is 0.779. The molecule has 1 unspecified atom stereocenters. The number of hydrogen-bond acceptors (Lipinski definition) is 6. The van der Waals surface area contributed by atoms with Crippen LogP contribution in [0.2, 0.25) is 0 Å². The van der Waals surface area contributed by atoms with E-state index < -0.39 is 19.9 Å². The van der Waals surface area contributed by atoms with E-state index in [2.05, 4.69) is 10.2 Å². The number of nitrogens with two attached hydrogens (primary N) is 1. The zero-order valence-electron chi connectivity index (χ0n) is 10.5. The van der Waals surface area contributed by atoms with Crippen LogP contribution in [0.25, 0.3) is 0 Å². The van der Waals surface area contributed by atoms with Gasteiger partial charge in [0.25, 0.3) is 15.2 Å². The lowest BCUT2D eigenvalue weighted by Crippen LogP contribution is -2.20. The first-order chi connectivity index (χ1) is 8.74. The van der Waals surface area contributed by atoms with E-state index in [1.807, 2.05) is 6.92 Å². The summed E-state index contributed by atoms with van der Waals surface area (Å²) in [5, 5.41) is 12.2. The second kappa shape index (κ2) is 4.84. The van der Waals surface area contributed by atoms with Crippen molar-refractivity contribution in [3.05, 3.63) is 5.82 Å². The Balaban J connectivity index is 2.45. The van der Waals surface area contributed by atoms with Gasteiger partial charge in [-0.3, -0.25) is 0 Å². The third kappa shape index (κ3) is 2.95. The number of hydrogen-bond donors (Lipinski definition) is 1. The summed E-state index contributed by atoms with van der Waals surface area (Å²) < 4.78 is 47.2. The number of sulfone groups is 1. The second-order valence-electron chi connectivity index (χ2n) is 4.64. The van der Waals surface area contributed by atoms with Crippen LogP contribution in [0.1, 0.15) is 31.5 Å². The fraction of sp³-hybridized carbons (Fsp3) is 0.778. The van der Waals surface area contributed by atoms with Crippen molar-refractivity contribution in [3.8, 4) is 0 Å². The van der Waals surface area contributed by atoms with Crippen LogP contribution in [0.4, 0.5) is 0 Å². The molecular formula is C9H16N4O4S2. The molecule has 0 radical (unpaired) electrons. The fourth-order valence-corrected chi connectivity index (χ4v) is 4.63. The Morgan fingerprint density at radius 2 is 2.11 bits per heavy atom. The molecule has 0 aromatic carbocycles. The Hall–Kier alpha value is -1.00. The second-order valence-corrected chi connectivity index (χ2v) is 8.32. The average molecular weight is 308 g/mol. The van der Waals surface area contributed by atoms with Gasteiger partial charge >= 0.3 is 0 Å². The number of nitrogens with zero attached hydrogens (tertiary/aromatic N) is 3. The number of sulfonamides is 1. The Kier molecular flexibility index (Phi) is 3.67. The summed E-state index contributed by atoms with van der Waals surface area (Å²) in [6, 6.07) is 0. The van der Waals surface area contributed by atoms with Gasteiger partial charge in [-0.1, -0.05) is 6.92 Å². The topological polar surface area (TPSA) is 125 Å². The average Bonchev–Trinajstić information content (AvgIpc) is 2.81. The maximum atomic E-state index is 11.5. The molecule has 1 saturated heterocycles. The van der Waals surface area contributed by atoms with Gasteiger partial charge in [0.15, 0.2) is 9.84 Å². The first-order valence-corrected chi connectivity index (χ1v) is 9.27. The smallest absolute Gasteiger partial charge is 0.273 e. The van der Waals surface area contributed by atoms with Gasteiger partial charge in [0.05, 0.1) is 11.5 Å². The lowest BCUT2D eigenvalue weighted by atomic mass is 10.1. The van der Waals surface area contributed by atoms with Gasteiger partial charge in [-0.15, -0.1) is 10.2 Å². The van der Waals surface area contributed by atoms with Crippen LogP contribution in [0.5, 0.6) is 0 Å². The zero-order valence-corrected chi connectivity index (χ0v) is 12.1. The molecule has 1 aliphatic heterocycles. The molecule has 1 aromatic heterocycles. The van der Waals surface area contributed by atoms with Crippen molar-refractivity contribution in [1.29, 1.82) is 0 Å². The van der Waals surface area contributed by atoms with Crippen molar-refractivity contribution in [2.45, 2.75) is 37.4 Å². The van der Waals surface area contributed by atoms with Gasteiger partial charge in [-0.25, -0.2) is 22.0 Å². The van der Waals surface area contributed by atoms with Crippen molar-refractivity contribution < 1.29 is 16.8 Å². The van der Waals surface area contributed by atoms with Gasteiger partial charge in [0.2, 0.25) is 0 Å². The summed E-state index contributed by atoms with van der Waals surface area (Å²) in [5.74, 6) is 0.174. The minimum absolute atomic E-state index is 0.0144. The maximum Gasteiger partial charge on any atom is 0.273 e. The van der Waals surface area contributed by atoms with Crippen molar-refractivity contribution in [2.24, 2.45) is 5.14 Å². The minimum Gasteiger partial charge on any atom is -0.300 e. The van der Waals surface area contributed by atoms with Crippen LogP contribution in [0.3, 0.4) is 0 Å². The number of primary sulfonamides is 1. The first kappa shape index (κ1) is 14.4. The maximum absolute atomic E-state index is 11.5. The minimum atomic E-state index is -3.95. The molecule has 1 aromatic rings. The summed E-state index contributed by atoms with van der Waals surface area (Å²) in [7, 11) is -7.02. The Morgan fingerprint density at radius 3 is 2.58 bits per heavy atom. The van der Waals surface area contributed by atoms with Crippen LogP contribution in [-0.4, -0.2) is 43.1 Å². The fourth-order valence-electron chi connectivity index (χ4n) is 2.24. The van der Waals surface area contributed by atoms with E-state index in [4.69, 9.17) is 5.14 Å². The van der Waals surface area contributed by atoms with Gasteiger partial charge < -0.3 is 4.57 Å². The van der Waals surface area contributed by atoms with Gasteiger partial charge in [-0.05, 0) is 12.8 Å². The summed E-state index contributed by atoms with van der Waals surface area (Å²) >= 11 is 0. The molecule has 0 spiro atoms. The number of rotatable bonds is 4. The molecule has 108 valence electrons. The van der Waals surface area contributed by atoms with E-state index in [0.29, 0.717) is 25.2 Å². The summed E-state index contributed by atoms with van der Waals surface area (Å²) in [6.45, 7) is 2.27. The van der Waals surface area contributed by atoms with Gasteiger partial charge in [0, 0.05) is 12.5 Å². The highest BCUT2D eigenvalue weighted by Gasteiger charge is 2.34. The summed E-state index contributed by atoms with van der Waals surface area (Å²) in [4.78, 5) is 0. The molecule has 2 rings (SSSR count). The largest absolute Gasteiger partial charge is 0.300 e. The van der Waals surface area contributed by atoms with Crippen LogP contribution >= 0.6 is 0 Å². The Labute approximate surface area is 112 Å². The van der Waals surface area contributed by atoms with Gasteiger partial charge in [0.1, 0.15) is 5.82 Å². The SMILES string of the molecule is CCCn1c(C2CCS(=O)(=O)C2)nnc1S(N)(=O)=O. The molecule has 1 aliphatic rings. The molecule has 8 nitrogen and oxygen atoms in total. The molecule has 1 fully saturated rings. The predicted molar refractivity (Wildman–Crippen MR) is 67.7 cm³/mol. The third-order valence-electron chi connectivity index (χ3n) is 3.04. The highest BCUT2D eigenvalue weighted by Crippen LogP contribution is 2.28. The van der Waals surface area contributed by atoms with E-state index in [1.54, 1.807) is 0 Å². The Bertz CT molecular complexity index is 677. The molecule has 0 saturated carbocycles. The van der Waals surface area contributed by atoms with Crippen molar-refractivity contribution in [1.82, 2.24) is 14.8 Å². The van der Waals surface area contributed by atoms with E-state index in [-0.39, 0.29) is 22.6 Å². The monoisotopic (exact) mass is 308 g/mol. The van der Waals surface area contributed by atoms with E-state index in [1.165, 1.54) is 4.57 Å². The molecule has 10 heteroatoms. The van der Waals surface area contributed by atoms with Crippen LogP contribution in [0.15, 0.2) is 5.16 Å². The molecule has 2 heterocycles. The van der Waals surface area contributed by atoms with Crippen LogP contribution in [0, 0.1) is 0 Å². The zero-order chi connectivity index (χ0) is 14.3. The lowest BCUT2D eigenvalue weighted by Gasteiger charge is -2.11. The highest BCUT2D eigenvalue weighted by molar-refractivity contribution is 7.91. The molecule has 0 bridgehead atoms. The van der Waals surface area contributed by atoms with Gasteiger partial charge in [-0.2, -0.15) is 0 Å². The van der Waals surface area contributed by atoms with E-state index >= 15 is 0 Å². The number of aromatic nitrogens is 3. The molecule has 0 amide bonds. The molecular weight excluding hydrogens is 292 g/mol. The molecule has 1 atom stereocenters. The normalized spacial score (nSPS) is 22.7. The molecule has 2 N–H and O–H groups in total. The van der Waals surface area contributed by atoms with Crippen LogP contribution < -0.4 is 5.14 Å². The van der Waals surface area contributed by atoms with E-state index in [0.717, 1.165) is 0 Å². The van der Waals surface area contributed by atoms with Crippen molar-refractivity contribution in [2.75, 3.05) is 11.5 Å². The van der Waals surface area contributed by atoms with Crippen molar-refractivity contribution >= 4 is 19.9 Å². The lowest BCUT2D eigenvalue weighted by molar-refractivity contribution is 0.534. The summed E-state index contributed by atoms with van der Waals surface area (Å²) in [6.07, 6.45) is 1.11. The summed E-state index contributed by atoms with van der Waals surface area (Å²) in [5.41, 5.74) is 0. The van der Waals surface area contributed by atoms with Crippen LogP contribution in [-0.2, 0) is 26.4 Å². The van der Waals surface area contributed by atoms with Crippen molar-refractivity contribution in [3.63, 3.8) is 0 Å². The standard InChI is InChI=1S/C9H16N4O4S2/c1-2-4-13-8(7-3-5-18(14,15)6-7)11-12-9(13)19(10,16)17/h7H,2-6H2,1H3,(H2,10,16,17). The predicted octanol–water partition coefficient (Wildman–Crippen LogP) is -0.762.